The van der Waals surface area contributed by atoms with Crippen LogP contribution in [0.5, 0.6) is 5.75 Å². The van der Waals surface area contributed by atoms with Gasteiger partial charge in [-0.2, -0.15) is 5.10 Å². The Morgan fingerprint density at radius 3 is 2.47 bits per heavy atom. The Morgan fingerprint density at radius 2 is 1.80 bits per heavy atom. The molecule has 0 aliphatic rings. The maximum Gasteiger partial charge on any atom is 0.329 e. The second-order valence-electron chi connectivity index (χ2n) is 6.42. The molecule has 0 fully saturated rings. The number of nitrogens with one attached hydrogen (secondary N) is 3. The first-order valence-corrected chi connectivity index (χ1v) is 9.21. The number of anilines is 1. The first kappa shape index (κ1) is 22.4. The summed E-state index contributed by atoms with van der Waals surface area (Å²) < 4.78 is 5.48. The van der Waals surface area contributed by atoms with Crippen LogP contribution in [0.15, 0.2) is 60.2 Å². The number of hydrazone groups is 1. The van der Waals surface area contributed by atoms with Gasteiger partial charge in [0.05, 0.1) is 6.21 Å². The van der Waals surface area contributed by atoms with Crippen LogP contribution in [-0.2, 0) is 14.4 Å². The van der Waals surface area contributed by atoms with E-state index in [1.165, 1.54) is 12.3 Å². The summed E-state index contributed by atoms with van der Waals surface area (Å²) in [6, 6.07) is 12.5. The van der Waals surface area contributed by atoms with E-state index in [1.54, 1.807) is 24.3 Å². The molecule has 0 saturated heterocycles. The Labute approximate surface area is 175 Å². The van der Waals surface area contributed by atoms with Gasteiger partial charge in [-0.25, -0.2) is 5.43 Å². The zero-order valence-electron chi connectivity index (χ0n) is 16.9. The minimum absolute atomic E-state index is 0.128. The van der Waals surface area contributed by atoms with Crippen LogP contribution in [0.2, 0.25) is 0 Å². The molecule has 8 heteroatoms. The van der Waals surface area contributed by atoms with Gasteiger partial charge in [0.2, 0.25) is 0 Å². The minimum Gasteiger partial charge on any atom is -0.484 e. The van der Waals surface area contributed by atoms with Gasteiger partial charge in [0.15, 0.2) is 6.61 Å². The standard InChI is InChI=1S/C22H24N4O4/c1-4-11-23-21(28)22(29)26-24-13-17-6-8-18(9-7-17)30-14-20(27)25-19-10-5-15(2)12-16(19)3/h4-10,12-13H,1,11,14H2,2-3H3,(H,23,28)(H,25,27)(H,26,29)/b24-13-. The molecule has 0 bridgehead atoms. The number of benzene rings is 2. The number of carbonyl (C=O) groups is 3. The third kappa shape index (κ3) is 7.23. The van der Waals surface area contributed by atoms with Crippen LogP contribution in [0.4, 0.5) is 5.69 Å². The molecule has 0 spiro atoms. The molecule has 2 aromatic carbocycles. The van der Waals surface area contributed by atoms with Gasteiger partial charge in [-0.1, -0.05) is 23.8 Å². The monoisotopic (exact) mass is 408 g/mol. The number of rotatable bonds is 8. The Bertz CT molecular complexity index is 952. The summed E-state index contributed by atoms with van der Waals surface area (Å²) in [4.78, 5) is 34.9. The van der Waals surface area contributed by atoms with Gasteiger partial charge in [0, 0.05) is 12.2 Å². The highest BCUT2D eigenvalue weighted by Crippen LogP contribution is 2.16. The molecule has 8 nitrogen and oxygen atoms in total. The smallest absolute Gasteiger partial charge is 0.329 e. The summed E-state index contributed by atoms with van der Waals surface area (Å²) in [7, 11) is 0. The predicted molar refractivity (Wildman–Crippen MR) is 115 cm³/mol. The number of hydrogen-bond donors (Lipinski definition) is 3. The largest absolute Gasteiger partial charge is 0.484 e. The van der Waals surface area contributed by atoms with Crippen molar-refractivity contribution < 1.29 is 19.1 Å². The molecule has 2 aromatic rings. The quantitative estimate of drug-likeness (QED) is 0.269. The zero-order chi connectivity index (χ0) is 21.9. The van der Waals surface area contributed by atoms with Crippen LogP contribution in [0, 0.1) is 13.8 Å². The summed E-state index contributed by atoms with van der Waals surface area (Å²) in [5, 5.41) is 8.88. The number of ether oxygens (including phenoxy) is 1. The lowest BCUT2D eigenvalue weighted by atomic mass is 10.1. The van der Waals surface area contributed by atoms with Crippen molar-refractivity contribution >= 4 is 29.6 Å². The molecule has 0 saturated carbocycles. The van der Waals surface area contributed by atoms with Gasteiger partial charge >= 0.3 is 11.8 Å². The topological polar surface area (TPSA) is 109 Å². The molecule has 0 aliphatic carbocycles. The maximum atomic E-state index is 12.1. The van der Waals surface area contributed by atoms with E-state index < -0.39 is 11.8 Å². The molecule has 30 heavy (non-hydrogen) atoms. The van der Waals surface area contributed by atoms with E-state index in [9.17, 15) is 14.4 Å². The molecule has 3 N–H and O–H groups in total. The van der Waals surface area contributed by atoms with Crippen molar-refractivity contribution in [3.05, 3.63) is 71.8 Å². The molecule has 156 valence electrons. The average Bonchev–Trinajstić information content (AvgIpc) is 2.73. The lowest BCUT2D eigenvalue weighted by Gasteiger charge is -2.10. The summed E-state index contributed by atoms with van der Waals surface area (Å²) >= 11 is 0. The number of aryl methyl sites for hydroxylation is 2. The summed E-state index contributed by atoms with van der Waals surface area (Å²) in [6.07, 6.45) is 2.85. The molecular weight excluding hydrogens is 384 g/mol. The van der Waals surface area contributed by atoms with Crippen LogP contribution in [0.3, 0.4) is 0 Å². The highest BCUT2D eigenvalue weighted by atomic mass is 16.5. The predicted octanol–water partition coefficient (Wildman–Crippen LogP) is 2.07. The fourth-order valence-electron chi connectivity index (χ4n) is 2.40. The molecular formula is C22H24N4O4. The van der Waals surface area contributed by atoms with Crippen molar-refractivity contribution in [2.24, 2.45) is 5.10 Å². The SMILES string of the molecule is C=CCNC(=O)C(=O)N/N=C\c1ccc(OCC(=O)Nc2ccc(C)cc2C)cc1. The van der Waals surface area contributed by atoms with Crippen molar-refractivity contribution in [1.29, 1.82) is 0 Å². The van der Waals surface area contributed by atoms with Crippen molar-refractivity contribution in [2.45, 2.75) is 13.8 Å². The summed E-state index contributed by atoms with van der Waals surface area (Å²) in [5.41, 5.74) is 5.66. The minimum atomic E-state index is -0.872. The maximum absolute atomic E-state index is 12.1. The van der Waals surface area contributed by atoms with Crippen LogP contribution < -0.4 is 20.8 Å². The number of nitrogens with zero attached hydrogens (tertiary/aromatic N) is 1. The normalized spacial score (nSPS) is 10.3. The van der Waals surface area contributed by atoms with Gasteiger partial charge in [-0.15, -0.1) is 6.58 Å². The van der Waals surface area contributed by atoms with Gasteiger partial charge in [-0.05, 0) is 55.3 Å². The molecule has 0 unspecified atom stereocenters. The van der Waals surface area contributed by atoms with Gasteiger partial charge in [0.1, 0.15) is 5.75 Å². The molecule has 0 aromatic heterocycles. The van der Waals surface area contributed by atoms with Crippen LogP contribution in [0.25, 0.3) is 0 Å². The second kappa shape index (κ2) is 11.2. The molecule has 3 amide bonds. The van der Waals surface area contributed by atoms with Crippen molar-refractivity contribution in [2.75, 3.05) is 18.5 Å². The fraction of sp³-hybridized carbons (Fsp3) is 0.182. The Hall–Kier alpha value is -3.94. The zero-order valence-corrected chi connectivity index (χ0v) is 16.9. The van der Waals surface area contributed by atoms with Crippen molar-refractivity contribution in [1.82, 2.24) is 10.7 Å². The fourth-order valence-corrected chi connectivity index (χ4v) is 2.40. The van der Waals surface area contributed by atoms with Crippen molar-refractivity contribution in [3.63, 3.8) is 0 Å². The van der Waals surface area contributed by atoms with Crippen LogP contribution in [-0.4, -0.2) is 37.1 Å². The van der Waals surface area contributed by atoms with E-state index >= 15 is 0 Å². The molecule has 0 radical (unpaired) electrons. The molecule has 0 aliphatic heterocycles. The summed E-state index contributed by atoms with van der Waals surface area (Å²) in [6.45, 7) is 7.43. The third-order valence-electron chi connectivity index (χ3n) is 3.90. The van der Waals surface area contributed by atoms with E-state index in [4.69, 9.17) is 4.74 Å². The average molecular weight is 408 g/mol. The highest BCUT2D eigenvalue weighted by Gasteiger charge is 2.10. The summed E-state index contributed by atoms with van der Waals surface area (Å²) in [5.74, 6) is -1.42. The lowest BCUT2D eigenvalue weighted by molar-refractivity contribution is -0.139. The van der Waals surface area contributed by atoms with E-state index in [-0.39, 0.29) is 19.1 Å². The number of carbonyl (C=O) groups excluding carboxylic acids is 3. The van der Waals surface area contributed by atoms with E-state index in [0.29, 0.717) is 11.3 Å². The van der Waals surface area contributed by atoms with Crippen LogP contribution in [0.1, 0.15) is 16.7 Å². The molecule has 0 atom stereocenters. The van der Waals surface area contributed by atoms with Gasteiger partial charge in [0.25, 0.3) is 5.91 Å². The van der Waals surface area contributed by atoms with Gasteiger partial charge < -0.3 is 15.4 Å². The Balaban J connectivity index is 1.80. The molecule has 2 rings (SSSR count). The third-order valence-corrected chi connectivity index (χ3v) is 3.90. The molecule has 0 heterocycles. The first-order chi connectivity index (χ1) is 14.4. The highest BCUT2D eigenvalue weighted by molar-refractivity contribution is 6.35. The van der Waals surface area contributed by atoms with Crippen LogP contribution >= 0.6 is 0 Å². The Morgan fingerprint density at radius 1 is 1.07 bits per heavy atom. The number of amides is 3. The van der Waals surface area contributed by atoms with E-state index in [0.717, 1.165) is 16.8 Å². The van der Waals surface area contributed by atoms with Gasteiger partial charge in [-0.3, -0.25) is 14.4 Å². The lowest BCUT2D eigenvalue weighted by Crippen LogP contribution is -2.37. The second-order valence-corrected chi connectivity index (χ2v) is 6.42. The Kier molecular flexibility index (Phi) is 8.31. The van der Waals surface area contributed by atoms with E-state index in [1.807, 2.05) is 32.0 Å². The number of hydrogen-bond acceptors (Lipinski definition) is 5. The van der Waals surface area contributed by atoms with E-state index in [2.05, 4.69) is 27.7 Å². The first-order valence-electron chi connectivity index (χ1n) is 9.21. The van der Waals surface area contributed by atoms with Crippen molar-refractivity contribution in [3.8, 4) is 5.75 Å².